The van der Waals surface area contributed by atoms with Crippen LogP contribution in [0.15, 0.2) is 72.8 Å². The lowest BCUT2D eigenvalue weighted by Gasteiger charge is -2.21. The fourth-order valence-corrected chi connectivity index (χ4v) is 5.68. The molecule has 0 spiro atoms. The number of rotatable bonds is 11. The number of carbonyl (C=O) groups is 1. The van der Waals surface area contributed by atoms with Gasteiger partial charge in [-0.05, 0) is 30.5 Å². The number of ether oxygens (including phenoxy) is 2. The van der Waals surface area contributed by atoms with Crippen molar-refractivity contribution < 1.29 is 27.1 Å². The maximum atomic E-state index is 15.7. The summed E-state index contributed by atoms with van der Waals surface area (Å²) in [5.74, 6) is -1.18. The average molecular weight is 592 g/mol. The minimum atomic E-state index is -4.29. The number of aryl methyl sites for hydroxylation is 1. The third kappa shape index (κ3) is 6.60. The molecule has 12 heteroatoms. The van der Waals surface area contributed by atoms with Gasteiger partial charge in [0.2, 0.25) is 11.8 Å². The molecule has 0 saturated carbocycles. The van der Waals surface area contributed by atoms with Gasteiger partial charge in [0.1, 0.15) is 31.2 Å². The highest BCUT2D eigenvalue weighted by atomic mass is 32.2. The highest BCUT2D eigenvalue weighted by Gasteiger charge is 2.38. The third-order valence-electron chi connectivity index (χ3n) is 6.49. The molecule has 0 atom stereocenters. The van der Waals surface area contributed by atoms with Gasteiger partial charge in [-0.25, -0.2) is 18.4 Å². The van der Waals surface area contributed by atoms with E-state index in [1.807, 2.05) is 72.3 Å². The molecule has 4 aromatic rings. The number of carbonyl (C=O) groups excluding carboxylic acids is 1. The molecule has 0 aliphatic carbocycles. The Morgan fingerprint density at radius 2 is 1.62 bits per heavy atom. The average Bonchev–Trinajstić information content (AvgIpc) is 3.24. The van der Waals surface area contributed by atoms with Gasteiger partial charge in [-0.2, -0.15) is 13.4 Å². The van der Waals surface area contributed by atoms with Crippen LogP contribution in [0.1, 0.15) is 35.7 Å². The smallest absolute Gasteiger partial charge is 0.326 e. The molecule has 42 heavy (non-hydrogen) atoms. The Morgan fingerprint density at radius 3 is 2.21 bits per heavy atom. The van der Waals surface area contributed by atoms with Crippen molar-refractivity contribution in [2.24, 2.45) is 0 Å². The monoisotopic (exact) mass is 591 g/mol. The van der Waals surface area contributed by atoms with Crippen molar-refractivity contribution in [3.8, 4) is 11.6 Å². The van der Waals surface area contributed by atoms with Crippen LogP contribution < -0.4 is 23.8 Å². The molecule has 0 unspecified atom stereocenters. The van der Waals surface area contributed by atoms with Crippen LogP contribution in [0.25, 0.3) is 0 Å². The first-order valence-corrected chi connectivity index (χ1v) is 14.8. The fourth-order valence-electron chi connectivity index (χ4n) is 4.52. The fraction of sp³-hybridized carbons (Fsp3) is 0.233. The van der Waals surface area contributed by atoms with Gasteiger partial charge < -0.3 is 14.8 Å². The third-order valence-corrected chi connectivity index (χ3v) is 7.86. The van der Waals surface area contributed by atoms with Crippen LogP contribution in [0, 0.1) is 12.7 Å². The van der Waals surface area contributed by atoms with Gasteiger partial charge in [0.15, 0.2) is 5.82 Å². The Bertz CT molecular complexity index is 1690. The predicted molar refractivity (Wildman–Crippen MR) is 156 cm³/mol. The minimum absolute atomic E-state index is 0.0325. The molecule has 2 N–H and O–H groups in total. The van der Waals surface area contributed by atoms with E-state index in [4.69, 9.17) is 9.47 Å². The summed E-state index contributed by atoms with van der Waals surface area (Å²) >= 11 is 0. The summed E-state index contributed by atoms with van der Waals surface area (Å²) in [6, 6.07) is 21.4. The number of anilines is 3. The van der Waals surface area contributed by atoms with Crippen LogP contribution >= 0.6 is 0 Å². The lowest BCUT2D eigenvalue weighted by Crippen LogP contribution is -2.30. The molecule has 218 valence electrons. The summed E-state index contributed by atoms with van der Waals surface area (Å²) in [6.07, 6.45) is 1.58. The maximum Gasteiger partial charge on any atom is 0.326 e. The van der Waals surface area contributed by atoms with Gasteiger partial charge in [-0.1, -0.05) is 74.0 Å². The van der Waals surface area contributed by atoms with E-state index in [-0.39, 0.29) is 29.7 Å². The zero-order chi connectivity index (χ0) is 29.7. The van der Waals surface area contributed by atoms with Crippen molar-refractivity contribution in [2.75, 3.05) is 16.2 Å². The molecule has 3 aromatic carbocycles. The van der Waals surface area contributed by atoms with E-state index in [1.165, 1.54) is 6.07 Å². The van der Waals surface area contributed by atoms with E-state index in [0.29, 0.717) is 28.9 Å². The summed E-state index contributed by atoms with van der Waals surface area (Å²) in [5, 5.41) is 3.01. The van der Waals surface area contributed by atoms with Crippen molar-refractivity contribution >= 4 is 33.4 Å². The standard InChI is InChI=1S/C30H30FN5O5S/c1-3-10-24-20(2)32-30(34-29(24)41-19-22-13-8-5-9-14-22)33-23-15-25(31)28(36-17-27(37)35-42(36,38)39)26(16-23)40-18-21-11-6-4-7-12-21/h4-9,11-16H,3,10,17-19H2,1-2H3,(H,35,37)(H,32,33,34). The molecular weight excluding hydrogens is 561 g/mol. The molecule has 5 rings (SSSR count). The summed E-state index contributed by atoms with van der Waals surface area (Å²) < 4.78 is 55.3. The number of hydrogen-bond donors (Lipinski definition) is 2. The number of nitrogens with zero attached hydrogens (tertiary/aromatic N) is 3. The Morgan fingerprint density at radius 1 is 0.976 bits per heavy atom. The molecule has 1 saturated heterocycles. The van der Waals surface area contributed by atoms with E-state index in [9.17, 15) is 13.2 Å². The van der Waals surface area contributed by atoms with Crippen LogP contribution in [0.3, 0.4) is 0 Å². The number of amides is 1. The molecule has 2 heterocycles. The van der Waals surface area contributed by atoms with Gasteiger partial charge in [0.25, 0.3) is 5.91 Å². The van der Waals surface area contributed by atoms with Gasteiger partial charge in [0.05, 0.1) is 0 Å². The second kappa shape index (κ2) is 12.4. The van der Waals surface area contributed by atoms with E-state index in [0.717, 1.165) is 29.2 Å². The highest BCUT2D eigenvalue weighted by Crippen LogP contribution is 2.38. The van der Waals surface area contributed by atoms with Crippen molar-refractivity contribution in [1.29, 1.82) is 0 Å². The molecule has 0 radical (unpaired) electrons. The highest BCUT2D eigenvalue weighted by molar-refractivity contribution is 7.92. The SMILES string of the molecule is CCCc1c(C)nc(Nc2cc(F)c(N3CC(=O)NS3(=O)=O)c(OCc3ccccc3)c2)nc1OCc1ccccc1. The Balaban J connectivity index is 1.48. The van der Waals surface area contributed by atoms with Crippen LogP contribution in [0.2, 0.25) is 0 Å². The number of aromatic nitrogens is 2. The van der Waals surface area contributed by atoms with E-state index in [2.05, 4.69) is 22.2 Å². The molecule has 1 amide bonds. The Hall–Kier alpha value is -4.71. The predicted octanol–water partition coefficient (Wildman–Crippen LogP) is 4.96. The number of hydrogen-bond acceptors (Lipinski definition) is 8. The number of nitrogens with one attached hydrogen (secondary N) is 2. The molecule has 10 nitrogen and oxygen atoms in total. The minimum Gasteiger partial charge on any atom is -0.487 e. The first-order valence-electron chi connectivity index (χ1n) is 13.4. The summed E-state index contributed by atoms with van der Waals surface area (Å²) in [4.78, 5) is 21.0. The first-order chi connectivity index (χ1) is 20.2. The zero-order valence-corrected chi connectivity index (χ0v) is 23.9. The van der Waals surface area contributed by atoms with Crippen molar-refractivity contribution in [2.45, 2.75) is 39.9 Å². The molecule has 1 aliphatic rings. The quantitative estimate of drug-likeness (QED) is 0.251. The van der Waals surface area contributed by atoms with Crippen LogP contribution in [0.5, 0.6) is 11.6 Å². The summed E-state index contributed by atoms with van der Waals surface area (Å²) in [6.45, 7) is 3.68. The van der Waals surface area contributed by atoms with Crippen LogP contribution in [-0.2, 0) is 34.6 Å². The molecule has 1 fully saturated rings. The first kappa shape index (κ1) is 28.8. The molecular formula is C30H30FN5O5S. The largest absolute Gasteiger partial charge is 0.487 e. The number of benzene rings is 3. The molecule has 1 aliphatic heterocycles. The van der Waals surface area contributed by atoms with E-state index >= 15 is 4.39 Å². The van der Waals surface area contributed by atoms with E-state index < -0.39 is 28.5 Å². The maximum absolute atomic E-state index is 15.7. The number of halogens is 1. The van der Waals surface area contributed by atoms with Crippen molar-refractivity contribution in [1.82, 2.24) is 14.7 Å². The van der Waals surface area contributed by atoms with E-state index in [1.54, 1.807) is 0 Å². The lowest BCUT2D eigenvalue weighted by molar-refractivity contribution is -0.117. The lowest BCUT2D eigenvalue weighted by atomic mass is 10.1. The topological polar surface area (TPSA) is 123 Å². The zero-order valence-electron chi connectivity index (χ0n) is 23.1. The van der Waals surface area contributed by atoms with Crippen molar-refractivity contribution in [3.05, 3.63) is 101 Å². The van der Waals surface area contributed by atoms with Gasteiger partial charge in [-0.15, -0.1) is 0 Å². The summed E-state index contributed by atoms with van der Waals surface area (Å²) in [7, 11) is -4.29. The second-order valence-corrected chi connectivity index (χ2v) is 11.3. The van der Waals surface area contributed by atoms with Crippen molar-refractivity contribution in [3.63, 3.8) is 0 Å². The van der Waals surface area contributed by atoms with Crippen LogP contribution in [0.4, 0.5) is 21.7 Å². The van der Waals surface area contributed by atoms with Gasteiger partial charge >= 0.3 is 10.2 Å². The van der Waals surface area contributed by atoms with Crippen LogP contribution in [-0.4, -0.2) is 30.8 Å². The second-order valence-electron chi connectivity index (χ2n) is 9.68. The summed E-state index contributed by atoms with van der Waals surface area (Å²) in [5.41, 5.74) is 3.19. The van der Waals surface area contributed by atoms with Gasteiger partial charge in [0, 0.05) is 23.0 Å². The normalized spacial score (nSPS) is 14.0. The Labute approximate surface area is 243 Å². The van der Waals surface area contributed by atoms with Gasteiger partial charge in [-0.3, -0.25) is 4.79 Å². The molecule has 1 aromatic heterocycles. The molecule has 0 bridgehead atoms. The Kier molecular flexibility index (Phi) is 8.53.